The van der Waals surface area contributed by atoms with Gasteiger partial charge in [0.05, 0.1) is 12.0 Å². The maximum absolute atomic E-state index is 12.8. The molecule has 0 radical (unpaired) electrons. The number of benzene rings is 2. The second-order valence-electron chi connectivity index (χ2n) is 5.66. The first-order chi connectivity index (χ1) is 12.4. The third-order valence-electron chi connectivity index (χ3n) is 3.96. The Morgan fingerprint density at radius 3 is 2.15 bits per heavy atom. The smallest absolute Gasteiger partial charge is 0.251 e. The van der Waals surface area contributed by atoms with Crippen LogP contribution in [-0.4, -0.2) is 38.8 Å². The third kappa shape index (κ3) is 4.62. The zero-order valence-electron chi connectivity index (χ0n) is 15.2. The van der Waals surface area contributed by atoms with Gasteiger partial charge >= 0.3 is 0 Å². The maximum Gasteiger partial charge on any atom is 0.251 e. The minimum atomic E-state index is -3.61. The van der Waals surface area contributed by atoms with Gasteiger partial charge < -0.3 is 10.1 Å². The van der Waals surface area contributed by atoms with Crippen LogP contribution in [0.1, 0.15) is 29.8 Å². The number of rotatable bonds is 8. The number of hydrogen-bond acceptors (Lipinski definition) is 4. The zero-order valence-corrected chi connectivity index (χ0v) is 16.0. The average Bonchev–Trinajstić information content (AvgIpc) is 2.66. The number of carbonyl (C=O) groups is 1. The molecule has 0 saturated heterocycles. The van der Waals surface area contributed by atoms with Crippen molar-refractivity contribution in [1.82, 2.24) is 9.62 Å². The van der Waals surface area contributed by atoms with Crippen LogP contribution in [0.5, 0.6) is 5.75 Å². The van der Waals surface area contributed by atoms with E-state index in [1.165, 1.54) is 23.5 Å². The van der Waals surface area contributed by atoms with Crippen molar-refractivity contribution in [3.05, 3.63) is 59.7 Å². The summed E-state index contributed by atoms with van der Waals surface area (Å²) < 4.78 is 32.2. The Bertz CT molecular complexity index is 831. The van der Waals surface area contributed by atoms with Crippen molar-refractivity contribution < 1.29 is 17.9 Å². The first-order valence-corrected chi connectivity index (χ1v) is 9.87. The van der Waals surface area contributed by atoms with Gasteiger partial charge in [-0.05, 0) is 48.9 Å². The molecule has 0 unspecified atom stereocenters. The number of hydrogen-bond donors (Lipinski definition) is 1. The predicted molar refractivity (Wildman–Crippen MR) is 101 cm³/mol. The summed E-state index contributed by atoms with van der Waals surface area (Å²) in [6.45, 7) is 4.79. The molecule has 1 amide bonds. The first kappa shape index (κ1) is 19.9. The summed E-state index contributed by atoms with van der Waals surface area (Å²) >= 11 is 0. The van der Waals surface area contributed by atoms with E-state index in [1.54, 1.807) is 43.3 Å². The summed E-state index contributed by atoms with van der Waals surface area (Å²) in [5, 5.41) is 2.73. The number of sulfonamides is 1. The van der Waals surface area contributed by atoms with Gasteiger partial charge in [0, 0.05) is 25.2 Å². The minimum absolute atomic E-state index is 0.141. The Labute approximate surface area is 154 Å². The van der Waals surface area contributed by atoms with Crippen LogP contribution in [0, 0.1) is 0 Å². The van der Waals surface area contributed by atoms with Crippen molar-refractivity contribution in [2.45, 2.75) is 25.3 Å². The molecule has 2 aromatic carbocycles. The van der Waals surface area contributed by atoms with Crippen LogP contribution in [0.4, 0.5) is 0 Å². The molecule has 0 heterocycles. The van der Waals surface area contributed by atoms with Gasteiger partial charge in [0.15, 0.2) is 0 Å². The second-order valence-corrected chi connectivity index (χ2v) is 7.60. The van der Waals surface area contributed by atoms with Crippen LogP contribution in [0.25, 0.3) is 0 Å². The molecule has 0 aliphatic heterocycles. The van der Waals surface area contributed by atoms with Crippen molar-refractivity contribution in [2.75, 3.05) is 20.2 Å². The summed E-state index contributed by atoms with van der Waals surface area (Å²) in [7, 11) is -2.08. The Balaban J connectivity index is 2.18. The molecule has 0 aromatic heterocycles. The van der Waals surface area contributed by atoms with Crippen LogP contribution in [-0.2, 0) is 16.6 Å². The summed E-state index contributed by atoms with van der Waals surface area (Å²) in [6.07, 6.45) is 0. The Morgan fingerprint density at radius 1 is 1.04 bits per heavy atom. The lowest BCUT2D eigenvalue weighted by Gasteiger charge is -2.21. The van der Waals surface area contributed by atoms with Gasteiger partial charge in [0.2, 0.25) is 10.0 Å². The molecule has 7 heteroatoms. The van der Waals surface area contributed by atoms with Crippen molar-refractivity contribution in [3.8, 4) is 5.75 Å². The largest absolute Gasteiger partial charge is 0.497 e. The Kier molecular flexibility index (Phi) is 6.76. The zero-order chi connectivity index (χ0) is 19.2. The maximum atomic E-state index is 12.8. The van der Waals surface area contributed by atoms with Gasteiger partial charge in [-0.25, -0.2) is 8.42 Å². The lowest BCUT2D eigenvalue weighted by molar-refractivity contribution is 0.0956. The molecule has 0 spiro atoms. The van der Waals surface area contributed by atoms with E-state index in [0.717, 1.165) is 5.56 Å². The molecule has 140 valence electrons. The highest BCUT2D eigenvalue weighted by Crippen LogP contribution is 2.21. The monoisotopic (exact) mass is 376 g/mol. The summed E-state index contributed by atoms with van der Waals surface area (Å²) in [5.74, 6) is 0.463. The molecular weight excluding hydrogens is 352 g/mol. The number of methoxy groups -OCH3 is 1. The molecule has 2 rings (SSSR count). The molecule has 0 bridgehead atoms. The summed E-state index contributed by atoms with van der Waals surface area (Å²) in [4.78, 5) is 12.0. The summed E-state index contributed by atoms with van der Waals surface area (Å²) in [6, 6.07) is 13.3. The van der Waals surface area contributed by atoms with Crippen LogP contribution >= 0.6 is 0 Å². The second kappa shape index (κ2) is 8.82. The van der Waals surface area contributed by atoms with Gasteiger partial charge in [-0.1, -0.05) is 19.1 Å². The number of nitrogens with zero attached hydrogens (tertiary/aromatic N) is 1. The number of ether oxygens (including phenoxy) is 1. The number of amides is 1. The number of nitrogens with one attached hydrogen (secondary N) is 1. The van der Waals surface area contributed by atoms with Crippen LogP contribution < -0.4 is 10.1 Å². The molecule has 1 N–H and O–H groups in total. The SMILES string of the molecule is CCNC(=O)c1ccc(CN(CC)S(=O)(=O)c2ccc(OC)cc2)cc1. The Hall–Kier alpha value is -2.38. The highest BCUT2D eigenvalue weighted by molar-refractivity contribution is 7.89. The predicted octanol–water partition coefficient (Wildman–Crippen LogP) is 2.66. The van der Waals surface area contributed by atoms with Crippen molar-refractivity contribution >= 4 is 15.9 Å². The van der Waals surface area contributed by atoms with Gasteiger partial charge in [-0.15, -0.1) is 0 Å². The van der Waals surface area contributed by atoms with E-state index in [1.807, 2.05) is 6.92 Å². The van der Waals surface area contributed by atoms with E-state index in [9.17, 15) is 13.2 Å². The molecule has 0 aliphatic carbocycles. The third-order valence-corrected chi connectivity index (χ3v) is 5.90. The Morgan fingerprint density at radius 2 is 1.65 bits per heavy atom. The fraction of sp³-hybridized carbons (Fsp3) is 0.316. The van der Waals surface area contributed by atoms with Gasteiger partial charge in [-0.3, -0.25) is 4.79 Å². The molecule has 0 fully saturated rings. The molecule has 26 heavy (non-hydrogen) atoms. The first-order valence-electron chi connectivity index (χ1n) is 8.43. The van der Waals surface area contributed by atoms with Crippen LogP contribution in [0.15, 0.2) is 53.4 Å². The van der Waals surface area contributed by atoms with Gasteiger partial charge in [0.25, 0.3) is 5.91 Å². The standard InChI is InChI=1S/C19H24N2O4S/c1-4-20-19(22)16-8-6-15(7-9-16)14-21(5-2)26(23,24)18-12-10-17(25-3)11-13-18/h6-13H,4-5,14H2,1-3H3,(H,20,22). The normalized spacial score (nSPS) is 11.4. The van der Waals surface area contributed by atoms with Gasteiger partial charge in [0.1, 0.15) is 5.75 Å². The van der Waals surface area contributed by atoms with Crippen molar-refractivity contribution in [1.29, 1.82) is 0 Å². The molecule has 2 aromatic rings. The van der Waals surface area contributed by atoms with Gasteiger partial charge in [-0.2, -0.15) is 4.31 Å². The van der Waals surface area contributed by atoms with E-state index in [2.05, 4.69) is 5.32 Å². The van der Waals surface area contributed by atoms with E-state index < -0.39 is 10.0 Å². The van der Waals surface area contributed by atoms with E-state index in [0.29, 0.717) is 24.4 Å². The fourth-order valence-electron chi connectivity index (χ4n) is 2.49. The van der Waals surface area contributed by atoms with Crippen LogP contribution in [0.2, 0.25) is 0 Å². The molecule has 0 atom stereocenters. The van der Waals surface area contributed by atoms with Crippen molar-refractivity contribution in [2.24, 2.45) is 0 Å². The van der Waals surface area contributed by atoms with Crippen LogP contribution in [0.3, 0.4) is 0 Å². The fourth-order valence-corrected chi connectivity index (χ4v) is 3.93. The van der Waals surface area contributed by atoms with E-state index in [-0.39, 0.29) is 17.3 Å². The van der Waals surface area contributed by atoms with E-state index in [4.69, 9.17) is 4.74 Å². The molecular formula is C19H24N2O4S. The average molecular weight is 376 g/mol. The molecule has 0 aliphatic rings. The highest BCUT2D eigenvalue weighted by atomic mass is 32.2. The summed E-state index contributed by atoms with van der Waals surface area (Å²) in [5.41, 5.74) is 1.37. The lowest BCUT2D eigenvalue weighted by atomic mass is 10.1. The topological polar surface area (TPSA) is 75.7 Å². The molecule has 0 saturated carbocycles. The van der Waals surface area contributed by atoms with Crippen molar-refractivity contribution in [3.63, 3.8) is 0 Å². The quantitative estimate of drug-likeness (QED) is 0.768. The molecule has 6 nitrogen and oxygen atoms in total. The minimum Gasteiger partial charge on any atom is -0.497 e. The lowest BCUT2D eigenvalue weighted by Crippen LogP contribution is -2.30. The highest BCUT2D eigenvalue weighted by Gasteiger charge is 2.23. The number of carbonyl (C=O) groups excluding carboxylic acids is 1. The van der Waals surface area contributed by atoms with E-state index >= 15 is 0 Å².